The van der Waals surface area contributed by atoms with Crippen molar-refractivity contribution >= 4 is 21.8 Å². The molecule has 2 rings (SSSR count). The monoisotopic (exact) mass is 340 g/mol. The zero-order valence-corrected chi connectivity index (χ0v) is 13.5. The van der Waals surface area contributed by atoms with E-state index in [0.29, 0.717) is 18.9 Å². The zero-order valence-electron chi connectivity index (χ0n) is 11.9. The molecule has 5 heteroatoms. The number of nitrogens with two attached hydrogens (primary N) is 1. The van der Waals surface area contributed by atoms with Crippen LogP contribution in [0, 0.1) is 5.92 Å². The van der Waals surface area contributed by atoms with Gasteiger partial charge in [-0.2, -0.15) is 0 Å². The first-order valence-electron chi connectivity index (χ1n) is 6.87. The van der Waals surface area contributed by atoms with Crippen molar-refractivity contribution in [2.24, 2.45) is 11.7 Å². The molecule has 0 aliphatic carbocycles. The Morgan fingerprint density at radius 3 is 2.90 bits per heavy atom. The summed E-state index contributed by atoms with van der Waals surface area (Å²) >= 11 is 3.43. The Kier molecular flexibility index (Phi) is 5.05. The van der Waals surface area contributed by atoms with Gasteiger partial charge in [-0.05, 0) is 44.0 Å². The summed E-state index contributed by atoms with van der Waals surface area (Å²) in [5, 5.41) is 0. The summed E-state index contributed by atoms with van der Waals surface area (Å²) in [6, 6.07) is 6.00. The van der Waals surface area contributed by atoms with Gasteiger partial charge in [-0.15, -0.1) is 0 Å². The van der Waals surface area contributed by atoms with Gasteiger partial charge in [-0.3, -0.25) is 4.79 Å². The second-order valence-electron chi connectivity index (χ2n) is 5.37. The summed E-state index contributed by atoms with van der Waals surface area (Å²) in [4.78, 5) is 14.4. The highest BCUT2D eigenvalue weighted by atomic mass is 79.9. The van der Waals surface area contributed by atoms with Crippen LogP contribution in [0.1, 0.15) is 18.9 Å². The molecule has 0 spiro atoms. The van der Waals surface area contributed by atoms with E-state index in [4.69, 9.17) is 10.5 Å². The molecule has 1 aliphatic rings. The molecule has 1 amide bonds. The molecule has 2 unspecified atom stereocenters. The second kappa shape index (κ2) is 6.59. The fraction of sp³-hybridized carbons (Fsp3) is 0.533. The van der Waals surface area contributed by atoms with Crippen LogP contribution in [0.2, 0.25) is 0 Å². The molecule has 1 aromatic rings. The zero-order chi connectivity index (χ0) is 14.7. The van der Waals surface area contributed by atoms with Crippen molar-refractivity contribution in [1.29, 1.82) is 0 Å². The van der Waals surface area contributed by atoms with E-state index in [2.05, 4.69) is 22.9 Å². The first kappa shape index (κ1) is 15.3. The molecule has 1 aliphatic heterocycles. The fourth-order valence-electron chi connectivity index (χ4n) is 2.81. The molecule has 110 valence electrons. The van der Waals surface area contributed by atoms with Crippen molar-refractivity contribution in [2.75, 3.05) is 20.2 Å². The van der Waals surface area contributed by atoms with Gasteiger partial charge in [-0.1, -0.05) is 15.9 Å². The van der Waals surface area contributed by atoms with Gasteiger partial charge >= 0.3 is 0 Å². The van der Waals surface area contributed by atoms with Crippen LogP contribution < -0.4 is 10.5 Å². The Balaban J connectivity index is 2.10. The first-order chi connectivity index (χ1) is 9.55. The van der Waals surface area contributed by atoms with E-state index in [1.165, 1.54) is 0 Å². The van der Waals surface area contributed by atoms with Crippen molar-refractivity contribution < 1.29 is 9.53 Å². The SMILES string of the molecule is COc1ccc(Br)cc1CC(=O)N1CC(CN)CC1C. The van der Waals surface area contributed by atoms with Gasteiger partial charge < -0.3 is 15.4 Å². The predicted octanol–water partition coefficient (Wildman–Crippen LogP) is 2.20. The van der Waals surface area contributed by atoms with Gasteiger partial charge in [0.05, 0.1) is 13.5 Å². The van der Waals surface area contributed by atoms with E-state index >= 15 is 0 Å². The molecule has 0 radical (unpaired) electrons. The Labute approximate surface area is 128 Å². The number of amides is 1. The smallest absolute Gasteiger partial charge is 0.227 e. The molecule has 0 aromatic heterocycles. The van der Waals surface area contributed by atoms with E-state index < -0.39 is 0 Å². The summed E-state index contributed by atoms with van der Waals surface area (Å²) in [6.45, 7) is 3.51. The molecule has 4 nitrogen and oxygen atoms in total. The lowest BCUT2D eigenvalue weighted by Gasteiger charge is -2.22. The highest BCUT2D eigenvalue weighted by molar-refractivity contribution is 9.10. The number of halogens is 1. The van der Waals surface area contributed by atoms with Crippen LogP contribution in [-0.2, 0) is 11.2 Å². The maximum Gasteiger partial charge on any atom is 0.227 e. The molecule has 1 aromatic carbocycles. The van der Waals surface area contributed by atoms with Crippen molar-refractivity contribution in [2.45, 2.75) is 25.8 Å². The quantitative estimate of drug-likeness (QED) is 0.913. The van der Waals surface area contributed by atoms with E-state index in [1.807, 2.05) is 23.1 Å². The molecule has 1 fully saturated rings. The predicted molar refractivity (Wildman–Crippen MR) is 82.7 cm³/mol. The van der Waals surface area contributed by atoms with Crippen molar-refractivity contribution in [3.8, 4) is 5.75 Å². The van der Waals surface area contributed by atoms with E-state index in [1.54, 1.807) is 7.11 Å². The maximum atomic E-state index is 12.5. The molecule has 1 heterocycles. The van der Waals surface area contributed by atoms with Crippen LogP contribution in [0.3, 0.4) is 0 Å². The standard InChI is InChI=1S/C15H21BrN2O2/c1-10-5-11(8-17)9-18(10)15(19)7-12-6-13(16)3-4-14(12)20-2/h3-4,6,10-11H,5,7-9,17H2,1-2H3. The number of nitrogens with zero attached hydrogens (tertiary/aromatic N) is 1. The number of methoxy groups -OCH3 is 1. The van der Waals surface area contributed by atoms with Gasteiger partial charge in [-0.25, -0.2) is 0 Å². The lowest BCUT2D eigenvalue weighted by atomic mass is 10.1. The van der Waals surface area contributed by atoms with Gasteiger partial charge in [0.2, 0.25) is 5.91 Å². The molecule has 0 bridgehead atoms. The Morgan fingerprint density at radius 2 is 2.30 bits per heavy atom. The van der Waals surface area contributed by atoms with E-state index in [-0.39, 0.29) is 11.9 Å². The lowest BCUT2D eigenvalue weighted by molar-refractivity contribution is -0.131. The number of benzene rings is 1. The third-order valence-electron chi connectivity index (χ3n) is 3.90. The maximum absolute atomic E-state index is 12.5. The largest absolute Gasteiger partial charge is 0.496 e. The number of hydrogen-bond acceptors (Lipinski definition) is 3. The number of likely N-dealkylation sites (tertiary alicyclic amines) is 1. The van der Waals surface area contributed by atoms with E-state index in [9.17, 15) is 4.79 Å². The van der Waals surface area contributed by atoms with Gasteiger partial charge in [0.1, 0.15) is 5.75 Å². The molecule has 20 heavy (non-hydrogen) atoms. The molecule has 1 saturated heterocycles. The minimum atomic E-state index is 0.143. The van der Waals surface area contributed by atoms with Crippen molar-refractivity contribution in [3.05, 3.63) is 28.2 Å². The molecular weight excluding hydrogens is 320 g/mol. The second-order valence-corrected chi connectivity index (χ2v) is 6.28. The molecule has 2 N–H and O–H groups in total. The van der Waals surface area contributed by atoms with Gasteiger partial charge in [0, 0.05) is 22.6 Å². The number of carbonyl (C=O) groups excluding carboxylic acids is 1. The first-order valence-corrected chi connectivity index (χ1v) is 7.66. The van der Waals surface area contributed by atoms with Gasteiger partial charge in [0.15, 0.2) is 0 Å². The van der Waals surface area contributed by atoms with Crippen molar-refractivity contribution in [3.63, 3.8) is 0 Å². The fourth-order valence-corrected chi connectivity index (χ4v) is 3.22. The summed E-state index contributed by atoms with van der Waals surface area (Å²) in [5.41, 5.74) is 6.62. The topological polar surface area (TPSA) is 55.6 Å². The summed E-state index contributed by atoms with van der Waals surface area (Å²) in [5.74, 6) is 1.33. The third kappa shape index (κ3) is 3.33. The average molecular weight is 341 g/mol. The Morgan fingerprint density at radius 1 is 1.55 bits per heavy atom. The highest BCUT2D eigenvalue weighted by Crippen LogP contribution is 2.27. The van der Waals surface area contributed by atoms with Crippen LogP contribution >= 0.6 is 15.9 Å². The molecule has 0 saturated carbocycles. The normalized spacial score (nSPS) is 22.1. The summed E-state index contributed by atoms with van der Waals surface area (Å²) in [7, 11) is 1.63. The van der Waals surface area contributed by atoms with Crippen LogP contribution in [0.5, 0.6) is 5.75 Å². The Bertz CT molecular complexity index is 493. The minimum Gasteiger partial charge on any atom is -0.496 e. The minimum absolute atomic E-state index is 0.143. The Hall–Kier alpha value is -1.07. The van der Waals surface area contributed by atoms with Crippen LogP contribution in [0.25, 0.3) is 0 Å². The molecular formula is C15H21BrN2O2. The summed E-state index contributed by atoms with van der Waals surface area (Å²) < 4.78 is 6.28. The van der Waals surface area contributed by atoms with Crippen LogP contribution in [0.15, 0.2) is 22.7 Å². The van der Waals surface area contributed by atoms with E-state index in [0.717, 1.165) is 28.8 Å². The summed E-state index contributed by atoms with van der Waals surface area (Å²) in [6.07, 6.45) is 1.36. The molecule has 2 atom stereocenters. The van der Waals surface area contributed by atoms with Crippen LogP contribution in [-0.4, -0.2) is 37.0 Å². The lowest BCUT2D eigenvalue weighted by Crippen LogP contribution is -2.35. The van der Waals surface area contributed by atoms with Crippen LogP contribution in [0.4, 0.5) is 0 Å². The number of rotatable bonds is 4. The number of hydrogen-bond donors (Lipinski definition) is 1. The average Bonchev–Trinajstić information content (AvgIpc) is 2.80. The third-order valence-corrected chi connectivity index (χ3v) is 4.39. The van der Waals surface area contributed by atoms with Crippen molar-refractivity contribution in [1.82, 2.24) is 4.90 Å². The number of carbonyl (C=O) groups is 1. The van der Waals surface area contributed by atoms with Gasteiger partial charge in [0.25, 0.3) is 0 Å². The number of ether oxygens (including phenoxy) is 1. The highest BCUT2D eigenvalue weighted by Gasteiger charge is 2.31.